The second-order valence-corrected chi connectivity index (χ2v) is 4.12. The predicted molar refractivity (Wildman–Crippen MR) is 64.3 cm³/mol. The minimum absolute atomic E-state index is 0.544. The minimum atomic E-state index is 0.544. The summed E-state index contributed by atoms with van der Waals surface area (Å²) in [5, 5.41) is 3.50. The monoisotopic (exact) mass is 229 g/mol. The van der Waals surface area contributed by atoms with E-state index >= 15 is 0 Å². The second-order valence-electron chi connectivity index (χ2n) is 3.74. The Morgan fingerprint density at radius 1 is 1.60 bits per heavy atom. The van der Waals surface area contributed by atoms with E-state index in [4.69, 9.17) is 11.6 Å². The van der Waals surface area contributed by atoms with Crippen molar-refractivity contribution in [2.75, 3.05) is 12.4 Å². The molecular weight excluding hydrogens is 210 g/mol. The maximum absolute atomic E-state index is 5.72. The largest absolute Gasteiger partial charge is 0.338 e. The van der Waals surface area contributed by atoms with Crippen molar-refractivity contribution in [2.24, 2.45) is 7.05 Å². The molecule has 0 amide bonds. The van der Waals surface area contributed by atoms with Crippen LogP contribution in [0.1, 0.15) is 25.6 Å². The van der Waals surface area contributed by atoms with Crippen LogP contribution in [-0.4, -0.2) is 28.0 Å². The van der Waals surface area contributed by atoms with Crippen molar-refractivity contribution in [3.63, 3.8) is 0 Å². The van der Waals surface area contributed by atoms with Crippen molar-refractivity contribution in [1.29, 1.82) is 0 Å². The zero-order chi connectivity index (χ0) is 11.1. The molecule has 1 aromatic heterocycles. The summed E-state index contributed by atoms with van der Waals surface area (Å²) in [6.45, 7) is 3.16. The molecule has 3 nitrogen and oxygen atoms in total. The van der Waals surface area contributed by atoms with Crippen LogP contribution in [0, 0.1) is 0 Å². The Morgan fingerprint density at radius 2 is 2.40 bits per heavy atom. The molecule has 0 aliphatic carbocycles. The molecule has 0 saturated carbocycles. The molecule has 86 valence electrons. The zero-order valence-electron chi connectivity index (χ0n) is 9.54. The lowest BCUT2D eigenvalue weighted by atomic mass is 10.1. The molecule has 0 aromatic carbocycles. The highest BCUT2D eigenvalue weighted by Gasteiger charge is 2.05. The molecule has 0 radical (unpaired) electrons. The van der Waals surface area contributed by atoms with Gasteiger partial charge in [-0.15, -0.1) is 11.6 Å². The summed E-state index contributed by atoms with van der Waals surface area (Å²) in [5.74, 6) is 1.86. The van der Waals surface area contributed by atoms with E-state index in [9.17, 15) is 0 Å². The molecule has 4 heteroatoms. The molecule has 1 aromatic rings. The number of imidazole rings is 1. The average molecular weight is 230 g/mol. The summed E-state index contributed by atoms with van der Waals surface area (Å²) < 4.78 is 2.06. The normalized spacial score (nSPS) is 13.0. The summed E-state index contributed by atoms with van der Waals surface area (Å²) in [7, 11) is 2.03. The second kappa shape index (κ2) is 6.85. The first-order valence-corrected chi connectivity index (χ1v) is 6.07. The van der Waals surface area contributed by atoms with Gasteiger partial charge in [-0.2, -0.15) is 0 Å². The maximum Gasteiger partial charge on any atom is 0.109 e. The van der Waals surface area contributed by atoms with Crippen LogP contribution in [0.3, 0.4) is 0 Å². The third-order valence-electron chi connectivity index (χ3n) is 2.65. The van der Waals surface area contributed by atoms with Crippen molar-refractivity contribution in [1.82, 2.24) is 14.9 Å². The molecule has 1 atom stereocenters. The van der Waals surface area contributed by atoms with Gasteiger partial charge in [-0.1, -0.05) is 6.92 Å². The van der Waals surface area contributed by atoms with Crippen molar-refractivity contribution in [3.05, 3.63) is 18.2 Å². The van der Waals surface area contributed by atoms with Gasteiger partial charge in [0.1, 0.15) is 5.82 Å². The molecule has 1 rings (SSSR count). The Bertz CT molecular complexity index is 273. The highest BCUT2D eigenvalue weighted by molar-refractivity contribution is 6.17. The van der Waals surface area contributed by atoms with E-state index < -0.39 is 0 Å². The SMILES string of the molecule is CCC(CCCl)NCCc1nccn1C. The van der Waals surface area contributed by atoms with Crippen LogP contribution in [0.25, 0.3) is 0 Å². The number of hydrogen-bond acceptors (Lipinski definition) is 2. The Hall–Kier alpha value is -0.540. The highest BCUT2D eigenvalue weighted by Crippen LogP contribution is 2.00. The van der Waals surface area contributed by atoms with E-state index in [-0.39, 0.29) is 0 Å². The van der Waals surface area contributed by atoms with Crippen LogP contribution in [-0.2, 0) is 13.5 Å². The summed E-state index contributed by atoms with van der Waals surface area (Å²) in [6, 6.07) is 0.544. The van der Waals surface area contributed by atoms with Crippen LogP contribution in [0.15, 0.2) is 12.4 Å². The summed E-state index contributed by atoms with van der Waals surface area (Å²) >= 11 is 5.72. The van der Waals surface area contributed by atoms with Crippen molar-refractivity contribution in [2.45, 2.75) is 32.2 Å². The number of rotatable bonds is 7. The fraction of sp³-hybridized carbons (Fsp3) is 0.727. The standard InChI is InChI=1S/C11H20ClN3/c1-3-10(4-6-12)13-7-5-11-14-8-9-15(11)2/h8-10,13H,3-7H2,1-2H3. The van der Waals surface area contributed by atoms with E-state index in [1.54, 1.807) is 0 Å². The van der Waals surface area contributed by atoms with Crippen molar-refractivity contribution < 1.29 is 0 Å². The molecular formula is C11H20ClN3. The molecule has 0 bridgehead atoms. The Balaban J connectivity index is 2.23. The summed E-state index contributed by atoms with van der Waals surface area (Å²) in [6.07, 6.45) is 6.96. The number of alkyl halides is 1. The van der Waals surface area contributed by atoms with Crippen LogP contribution in [0.4, 0.5) is 0 Å². The van der Waals surface area contributed by atoms with Crippen LogP contribution in [0.2, 0.25) is 0 Å². The number of aryl methyl sites for hydroxylation is 1. The van der Waals surface area contributed by atoms with Gasteiger partial charge in [-0.05, 0) is 12.8 Å². The Kier molecular flexibility index (Phi) is 5.73. The third kappa shape index (κ3) is 4.22. The lowest BCUT2D eigenvalue weighted by Gasteiger charge is -2.15. The number of halogens is 1. The Labute approximate surface area is 96.8 Å². The lowest BCUT2D eigenvalue weighted by molar-refractivity contribution is 0.485. The third-order valence-corrected chi connectivity index (χ3v) is 2.87. The molecule has 0 spiro atoms. The first-order chi connectivity index (χ1) is 7.27. The van der Waals surface area contributed by atoms with E-state index in [1.807, 2.05) is 19.4 Å². The minimum Gasteiger partial charge on any atom is -0.338 e. The van der Waals surface area contributed by atoms with Gasteiger partial charge in [-0.3, -0.25) is 0 Å². The first kappa shape index (κ1) is 12.5. The van der Waals surface area contributed by atoms with E-state index in [1.165, 1.54) is 0 Å². The van der Waals surface area contributed by atoms with E-state index in [0.717, 1.165) is 37.5 Å². The first-order valence-electron chi connectivity index (χ1n) is 5.53. The van der Waals surface area contributed by atoms with E-state index in [0.29, 0.717) is 6.04 Å². The topological polar surface area (TPSA) is 29.9 Å². The van der Waals surface area contributed by atoms with Crippen molar-refractivity contribution in [3.8, 4) is 0 Å². The number of nitrogens with zero attached hydrogens (tertiary/aromatic N) is 2. The highest BCUT2D eigenvalue weighted by atomic mass is 35.5. The van der Waals surface area contributed by atoms with Crippen LogP contribution >= 0.6 is 11.6 Å². The van der Waals surface area contributed by atoms with Gasteiger partial charge in [-0.25, -0.2) is 4.98 Å². The van der Waals surface area contributed by atoms with Crippen LogP contribution < -0.4 is 5.32 Å². The number of aromatic nitrogens is 2. The molecule has 0 aliphatic heterocycles. The molecule has 0 aliphatic rings. The Morgan fingerprint density at radius 3 is 2.93 bits per heavy atom. The quantitative estimate of drug-likeness (QED) is 0.725. The summed E-state index contributed by atoms with van der Waals surface area (Å²) in [4.78, 5) is 4.28. The van der Waals surface area contributed by atoms with Gasteiger partial charge in [0.15, 0.2) is 0 Å². The number of nitrogens with one attached hydrogen (secondary N) is 1. The molecule has 0 fully saturated rings. The molecule has 0 saturated heterocycles. The van der Waals surface area contributed by atoms with Gasteiger partial charge in [0.2, 0.25) is 0 Å². The fourth-order valence-corrected chi connectivity index (χ4v) is 1.87. The zero-order valence-corrected chi connectivity index (χ0v) is 10.3. The molecule has 1 heterocycles. The maximum atomic E-state index is 5.72. The van der Waals surface area contributed by atoms with Gasteiger partial charge < -0.3 is 9.88 Å². The van der Waals surface area contributed by atoms with Crippen molar-refractivity contribution >= 4 is 11.6 Å². The predicted octanol–water partition coefficient (Wildman–Crippen LogP) is 1.96. The average Bonchev–Trinajstić information content (AvgIpc) is 2.63. The lowest BCUT2D eigenvalue weighted by Crippen LogP contribution is -2.31. The van der Waals surface area contributed by atoms with Gasteiger partial charge in [0.25, 0.3) is 0 Å². The summed E-state index contributed by atoms with van der Waals surface area (Å²) in [5.41, 5.74) is 0. The molecule has 1 unspecified atom stereocenters. The smallest absolute Gasteiger partial charge is 0.109 e. The van der Waals surface area contributed by atoms with Crippen LogP contribution in [0.5, 0.6) is 0 Å². The van der Waals surface area contributed by atoms with E-state index in [2.05, 4.69) is 21.8 Å². The fourth-order valence-electron chi connectivity index (χ4n) is 1.61. The van der Waals surface area contributed by atoms with Gasteiger partial charge in [0, 0.05) is 44.3 Å². The molecule has 1 N–H and O–H groups in total. The number of hydrogen-bond donors (Lipinski definition) is 1. The van der Waals surface area contributed by atoms with Gasteiger partial charge >= 0.3 is 0 Å². The molecule has 15 heavy (non-hydrogen) atoms. The van der Waals surface area contributed by atoms with Gasteiger partial charge in [0.05, 0.1) is 0 Å².